The van der Waals surface area contributed by atoms with E-state index < -0.39 is 0 Å². The first kappa shape index (κ1) is 18.0. The first-order valence-corrected chi connectivity index (χ1v) is 12.7. The fourth-order valence-corrected chi connectivity index (χ4v) is 7.30. The number of rotatable bonds is 1. The standard InChI is InChI=1S/C32H17NOS/c1-2-8-19(9-3-1)33-25-17-23-20-10-4-6-12-26(20)34-31(23)22-15-14-18-16-24-21-11-5-7-13-27(21)35-32(24)30(33)28(18)29(22)25/h1-17H. The molecular formula is C32H17NOS. The average molecular weight is 464 g/mol. The molecule has 0 fully saturated rings. The van der Waals surface area contributed by atoms with E-state index in [1.165, 1.54) is 63.8 Å². The Morgan fingerprint density at radius 2 is 1.40 bits per heavy atom. The van der Waals surface area contributed by atoms with Gasteiger partial charge in [0, 0.05) is 48.1 Å². The van der Waals surface area contributed by atoms with Gasteiger partial charge in [0.25, 0.3) is 0 Å². The Labute approximate surface area is 203 Å². The van der Waals surface area contributed by atoms with Crippen LogP contribution in [0.2, 0.25) is 0 Å². The van der Waals surface area contributed by atoms with Crippen LogP contribution in [0.5, 0.6) is 0 Å². The quantitative estimate of drug-likeness (QED) is 0.222. The monoisotopic (exact) mass is 463 g/mol. The molecule has 3 heterocycles. The molecule has 6 aromatic carbocycles. The van der Waals surface area contributed by atoms with Crippen molar-refractivity contribution in [2.75, 3.05) is 0 Å². The van der Waals surface area contributed by atoms with Crippen LogP contribution in [0.1, 0.15) is 0 Å². The zero-order valence-electron chi connectivity index (χ0n) is 18.6. The predicted octanol–water partition coefficient (Wildman–Crippen LogP) is 9.64. The Bertz CT molecular complexity index is 2260. The molecule has 2 nitrogen and oxygen atoms in total. The number of thiophene rings is 1. The van der Waals surface area contributed by atoms with Gasteiger partial charge in [-0.15, -0.1) is 11.3 Å². The van der Waals surface area contributed by atoms with Crippen molar-refractivity contribution in [2.45, 2.75) is 0 Å². The summed E-state index contributed by atoms with van der Waals surface area (Å²) in [6, 6.07) is 37.2. The van der Waals surface area contributed by atoms with E-state index >= 15 is 0 Å². The summed E-state index contributed by atoms with van der Waals surface area (Å²) in [5.41, 5.74) is 5.62. The Morgan fingerprint density at radius 3 is 2.31 bits per heavy atom. The molecule has 35 heavy (non-hydrogen) atoms. The molecule has 9 rings (SSSR count). The van der Waals surface area contributed by atoms with Gasteiger partial charge in [-0.3, -0.25) is 0 Å². The van der Waals surface area contributed by atoms with E-state index in [4.69, 9.17) is 4.42 Å². The summed E-state index contributed by atoms with van der Waals surface area (Å²) in [4.78, 5) is 0. The molecule has 3 heteroatoms. The molecule has 0 radical (unpaired) electrons. The van der Waals surface area contributed by atoms with Gasteiger partial charge in [0.1, 0.15) is 11.2 Å². The maximum absolute atomic E-state index is 6.45. The Balaban J connectivity index is 1.63. The molecule has 0 saturated carbocycles. The van der Waals surface area contributed by atoms with E-state index in [-0.39, 0.29) is 0 Å². The molecule has 0 N–H and O–H groups in total. The molecule has 162 valence electrons. The van der Waals surface area contributed by atoms with Crippen molar-refractivity contribution in [1.29, 1.82) is 0 Å². The van der Waals surface area contributed by atoms with Gasteiger partial charge in [-0.2, -0.15) is 0 Å². The summed E-state index contributed by atoms with van der Waals surface area (Å²) >= 11 is 1.89. The maximum atomic E-state index is 6.45. The number of para-hydroxylation sites is 2. The highest BCUT2D eigenvalue weighted by Crippen LogP contribution is 2.49. The van der Waals surface area contributed by atoms with Crippen LogP contribution in [0.25, 0.3) is 80.4 Å². The summed E-state index contributed by atoms with van der Waals surface area (Å²) in [5.74, 6) is 0. The largest absolute Gasteiger partial charge is 0.455 e. The summed E-state index contributed by atoms with van der Waals surface area (Å²) < 4.78 is 11.6. The second kappa shape index (κ2) is 6.21. The van der Waals surface area contributed by atoms with Gasteiger partial charge in [0.15, 0.2) is 0 Å². The number of hydrogen-bond donors (Lipinski definition) is 0. The number of hydrogen-bond acceptors (Lipinski definition) is 2. The van der Waals surface area contributed by atoms with E-state index in [2.05, 4.69) is 102 Å². The van der Waals surface area contributed by atoms with Crippen LogP contribution in [-0.4, -0.2) is 4.57 Å². The topological polar surface area (TPSA) is 18.1 Å². The van der Waals surface area contributed by atoms with Crippen LogP contribution in [0.15, 0.2) is 108 Å². The Morgan fingerprint density at radius 1 is 0.600 bits per heavy atom. The number of aromatic nitrogens is 1. The molecule has 0 aliphatic rings. The minimum absolute atomic E-state index is 0.938. The highest BCUT2D eigenvalue weighted by molar-refractivity contribution is 7.26. The van der Waals surface area contributed by atoms with Crippen LogP contribution in [-0.2, 0) is 0 Å². The number of furan rings is 1. The molecule has 0 aliphatic heterocycles. The van der Waals surface area contributed by atoms with Gasteiger partial charge >= 0.3 is 0 Å². The van der Waals surface area contributed by atoms with Crippen LogP contribution in [0, 0.1) is 0 Å². The minimum Gasteiger partial charge on any atom is -0.455 e. The van der Waals surface area contributed by atoms with E-state index in [9.17, 15) is 0 Å². The van der Waals surface area contributed by atoms with Crippen molar-refractivity contribution in [1.82, 2.24) is 4.57 Å². The SMILES string of the molecule is c1ccc(-n2c3cc4c5ccccc5oc4c4ccc5cc6c7ccccc7sc6c2c5c43)cc1. The van der Waals surface area contributed by atoms with E-state index in [1.807, 2.05) is 17.4 Å². The predicted molar refractivity (Wildman–Crippen MR) is 150 cm³/mol. The Hall–Kier alpha value is -4.34. The Kier molecular flexibility index (Phi) is 3.20. The molecule has 0 unspecified atom stereocenters. The fourth-order valence-electron chi connectivity index (χ4n) is 6.08. The zero-order chi connectivity index (χ0) is 22.7. The van der Waals surface area contributed by atoms with Gasteiger partial charge in [-0.05, 0) is 47.9 Å². The number of fused-ring (bicyclic) bond motifs is 8. The molecular weight excluding hydrogens is 446 g/mol. The molecule has 0 spiro atoms. The lowest BCUT2D eigenvalue weighted by atomic mass is 9.98. The van der Waals surface area contributed by atoms with Crippen LogP contribution in [0.4, 0.5) is 0 Å². The van der Waals surface area contributed by atoms with Gasteiger partial charge in [-0.1, -0.05) is 60.7 Å². The molecule has 9 aromatic rings. The molecule has 3 aromatic heterocycles. The van der Waals surface area contributed by atoms with Gasteiger partial charge in [-0.25, -0.2) is 0 Å². The van der Waals surface area contributed by atoms with Crippen molar-refractivity contribution in [3.05, 3.63) is 103 Å². The minimum atomic E-state index is 0.938. The smallest absolute Gasteiger partial charge is 0.143 e. The first-order chi connectivity index (χ1) is 17.4. The summed E-state index contributed by atoms with van der Waals surface area (Å²) in [6.07, 6.45) is 0. The van der Waals surface area contributed by atoms with E-state index in [0.29, 0.717) is 0 Å². The normalized spacial score (nSPS) is 12.6. The van der Waals surface area contributed by atoms with Gasteiger partial charge in [0.2, 0.25) is 0 Å². The zero-order valence-corrected chi connectivity index (χ0v) is 19.4. The maximum Gasteiger partial charge on any atom is 0.143 e. The molecule has 0 saturated heterocycles. The van der Waals surface area contributed by atoms with Crippen molar-refractivity contribution >= 4 is 86.0 Å². The summed E-state index contributed by atoms with van der Waals surface area (Å²) in [6.45, 7) is 0. The third-order valence-electron chi connectivity index (χ3n) is 7.52. The number of nitrogens with zero attached hydrogens (tertiary/aromatic N) is 1. The third kappa shape index (κ3) is 2.15. The molecule has 0 bridgehead atoms. The lowest BCUT2D eigenvalue weighted by molar-refractivity contribution is 0.673. The van der Waals surface area contributed by atoms with Crippen LogP contribution >= 0.6 is 11.3 Å². The molecule has 0 aliphatic carbocycles. The second-order valence-electron chi connectivity index (χ2n) is 9.33. The van der Waals surface area contributed by atoms with Crippen LogP contribution in [0.3, 0.4) is 0 Å². The third-order valence-corrected chi connectivity index (χ3v) is 8.71. The highest BCUT2D eigenvalue weighted by Gasteiger charge is 2.24. The fraction of sp³-hybridized carbons (Fsp3) is 0. The lowest BCUT2D eigenvalue weighted by Gasteiger charge is -2.08. The van der Waals surface area contributed by atoms with Crippen molar-refractivity contribution < 1.29 is 4.42 Å². The summed E-state index contributed by atoms with van der Waals surface area (Å²) in [5, 5.41) is 10.1. The van der Waals surface area contributed by atoms with Gasteiger partial charge in [0.05, 0.1) is 15.7 Å². The second-order valence-corrected chi connectivity index (χ2v) is 10.4. The molecule has 0 atom stereocenters. The highest BCUT2D eigenvalue weighted by atomic mass is 32.1. The van der Waals surface area contributed by atoms with Crippen molar-refractivity contribution in [3.8, 4) is 5.69 Å². The average Bonchev–Trinajstić information content (AvgIpc) is 3.57. The number of benzene rings is 6. The summed E-state index contributed by atoms with van der Waals surface area (Å²) in [7, 11) is 0. The van der Waals surface area contributed by atoms with Crippen molar-refractivity contribution in [3.63, 3.8) is 0 Å². The molecule has 0 amide bonds. The van der Waals surface area contributed by atoms with Gasteiger partial charge < -0.3 is 8.98 Å². The first-order valence-electron chi connectivity index (χ1n) is 11.9. The van der Waals surface area contributed by atoms with E-state index in [1.54, 1.807) is 0 Å². The van der Waals surface area contributed by atoms with E-state index in [0.717, 1.165) is 16.6 Å². The van der Waals surface area contributed by atoms with Crippen LogP contribution < -0.4 is 0 Å². The van der Waals surface area contributed by atoms with Crippen molar-refractivity contribution in [2.24, 2.45) is 0 Å². The lowest BCUT2D eigenvalue weighted by Crippen LogP contribution is -1.93.